The highest BCUT2D eigenvalue weighted by Crippen LogP contribution is 2.45. The van der Waals surface area contributed by atoms with Crippen molar-refractivity contribution in [2.24, 2.45) is 5.92 Å². The van der Waals surface area contributed by atoms with Gasteiger partial charge >= 0.3 is 5.97 Å². The van der Waals surface area contributed by atoms with Crippen LogP contribution in [-0.4, -0.2) is 66.0 Å². The standard InChI is InChI=1S/C24H30O9/c1-30-20-10-15(5-7-18(20)26)12-24(29)14-33-23(16-6-8-19(27)21(11-16)31-2)17(24)13-32-22(28)4-3-9-25/h5-8,10-11,17,23,25-27,29H,3-4,9,12-14H2,1-2H3/t17-,23-,24+/m1/s1. The molecule has 0 saturated carbocycles. The van der Waals surface area contributed by atoms with Crippen molar-refractivity contribution < 1.29 is 44.2 Å². The van der Waals surface area contributed by atoms with E-state index in [1.54, 1.807) is 24.3 Å². The molecule has 180 valence electrons. The molecule has 1 saturated heterocycles. The minimum absolute atomic E-state index is 0.0145. The third-order valence-corrected chi connectivity index (χ3v) is 5.82. The number of hydrogen-bond acceptors (Lipinski definition) is 9. The highest BCUT2D eigenvalue weighted by Gasteiger charge is 2.50. The summed E-state index contributed by atoms with van der Waals surface area (Å²) in [5.74, 6) is -0.622. The number of phenols is 2. The molecular weight excluding hydrogens is 432 g/mol. The Hall–Kier alpha value is -3.01. The van der Waals surface area contributed by atoms with Crippen LogP contribution in [0.25, 0.3) is 0 Å². The summed E-state index contributed by atoms with van der Waals surface area (Å²) in [5, 5.41) is 40.3. The molecule has 2 aromatic rings. The molecule has 3 rings (SSSR count). The zero-order valence-electron chi connectivity index (χ0n) is 18.7. The number of rotatable bonds is 10. The average Bonchev–Trinajstić information content (AvgIpc) is 3.13. The first kappa shape index (κ1) is 24.6. The van der Waals surface area contributed by atoms with Crippen LogP contribution >= 0.6 is 0 Å². The lowest BCUT2D eigenvalue weighted by Gasteiger charge is -2.30. The van der Waals surface area contributed by atoms with Gasteiger partial charge in [0.25, 0.3) is 0 Å². The molecule has 0 amide bonds. The van der Waals surface area contributed by atoms with E-state index < -0.39 is 23.6 Å². The van der Waals surface area contributed by atoms with E-state index in [-0.39, 0.29) is 62.1 Å². The van der Waals surface area contributed by atoms with Gasteiger partial charge in [-0.3, -0.25) is 4.79 Å². The summed E-state index contributed by atoms with van der Waals surface area (Å²) in [7, 11) is 2.87. The molecule has 0 aliphatic carbocycles. The summed E-state index contributed by atoms with van der Waals surface area (Å²) < 4.78 is 21.8. The molecule has 0 radical (unpaired) electrons. The molecule has 0 spiro atoms. The quantitative estimate of drug-likeness (QED) is 0.392. The number of phenolic OH excluding ortho intramolecular Hbond substituents is 2. The van der Waals surface area contributed by atoms with Gasteiger partial charge in [0.05, 0.1) is 39.5 Å². The monoisotopic (exact) mass is 462 g/mol. The molecule has 2 aromatic carbocycles. The van der Waals surface area contributed by atoms with Gasteiger partial charge in [-0.05, 0) is 41.8 Å². The summed E-state index contributed by atoms with van der Waals surface area (Å²) in [6, 6.07) is 9.56. The van der Waals surface area contributed by atoms with Crippen molar-refractivity contribution in [2.75, 3.05) is 34.0 Å². The van der Waals surface area contributed by atoms with Crippen LogP contribution in [0.4, 0.5) is 0 Å². The highest BCUT2D eigenvalue weighted by molar-refractivity contribution is 5.69. The Labute approximate surface area is 192 Å². The summed E-state index contributed by atoms with van der Waals surface area (Å²) >= 11 is 0. The molecule has 1 fully saturated rings. The number of ether oxygens (including phenoxy) is 4. The summed E-state index contributed by atoms with van der Waals surface area (Å²) in [6.45, 7) is -0.253. The van der Waals surface area contributed by atoms with Crippen molar-refractivity contribution in [1.29, 1.82) is 0 Å². The van der Waals surface area contributed by atoms with E-state index in [2.05, 4.69) is 0 Å². The van der Waals surface area contributed by atoms with E-state index in [4.69, 9.17) is 24.1 Å². The van der Waals surface area contributed by atoms with Gasteiger partial charge in [-0.25, -0.2) is 0 Å². The zero-order valence-corrected chi connectivity index (χ0v) is 18.7. The lowest BCUT2D eigenvalue weighted by atomic mass is 9.80. The van der Waals surface area contributed by atoms with Gasteiger partial charge in [-0.15, -0.1) is 0 Å². The Morgan fingerprint density at radius 3 is 2.42 bits per heavy atom. The number of aromatic hydroxyl groups is 2. The fraction of sp³-hybridized carbons (Fsp3) is 0.458. The van der Waals surface area contributed by atoms with Gasteiger partial charge < -0.3 is 39.4 Å². The van der Waals surface area contributed by atoms with E-state index in [1.165, 1.54) is 26.4 Å². The van der Waals surface area contributed by atoms with Crippen LogP contribution in [0.2, 0.25) is 0 Å². The second kappa shape index (κ2) is 10.7. The molecule has 1 aliphatic rings. The summed E-state index contributed by atoms with van der Waals surface area (Å²) in [6.07, 6.45) is -0.117. The lowest BCUT2D eigenvalue weighted by molar-refractivity contribution is -0.148. The molecule has 9 heteroatoms. The van der Waals surface area contributed by atoms with Crippen LogP contribution in [-0.2, 0) is 20.7 Å². The van der Waals surface area contributed by atoms with Gasteiger partial charge in [0.1, 0.15) is 5.60 Å². The zero-order chi connectivity index (χ0) is 24.0. The molecule has 33 heavy (non-hydrogen) atoms. The van der Waals surface area contributed by atoms with Gasteiger partial charge in [0.2, 0.25) is 0 Å². The normalized spacial score (nSPS) is 22.2. The van der Waals surface area contributed by atoms with Crippen LogP contribution in [0, 0.1) is 5.92 Å². The topological polar surface area (TPSA) is 135 Å². The van der Waals surface area contributed by atoms with Crippen LogP contribution in [0.5, 0.6) is 23.0 Å². The van der Waals surface area contributed by atoms with Crippen LogP contribution in [0.1, 0.15) is 30.1 Å². The number of carbonyl (C=O) groups is 1. The van der Waals surface area contributed by atoms with Gasteiger partial charge in [0, 0.05) is 19.4 Å². The molecule has 1 heterocycles. The Morgan fingerprint density at radius 1 is 1.09 bits per heavy atom. The minimum atomic E-state index is -1.39. The van der Waals surface area contributed by atoms with E-state index >= 15 is 0 Å². The number of esters is 1. The maximum atomic E-state index is 12.1. The Kier molecular flexibility index (Phi) is 8.01. The van der Waals surface area contributed by atoms with Crippen LogP contribution < -0.4 is 9.47 Å². The van der Waals surface area contributed by atoms with Crippen molar-refractivity contribution in [3.05, 3.63) is 47.5 Å². The van der Waals surface area contributed by atoms with Gasteiger partial charge in [-0.1, -0.05) is 12.1 Å². The molecule has 3 atom stereocenters. The first-order valence-electron chi connectivity index (χ1n) is 10.6. The smallest absolute Gasteiger partial charge is 0.305 e. The van der Waals surface area contributed by atoms with Crippen molar-refractivity contribution >= 4 is 5.97 Å². The Balaban J connectivity index is 1.88. The molecular formula is C24H30O9. The molecule has 0 aromatic heterocycles. The van der Waals surface area contributed by atoms with Crippen molar-refractivity contribution in [1.82, 2.24) is 0 Å². The third kappa shape index (κ3) is 5.68. The number of hydrogen-bond donors (Lipinski definition) is 4. The maximum absolute atomic E-state index is 12.1. The Morgan fingerprint density at radius 2 is 1.76 bits per heavy atom. The second-order valence-electron chi connectivity index (χ2n) is 8.07. The Bertz CT molecular complexity index is 961. The first-order chi connectivity index (χ1) is 15.8. The van der Waals surface area contributed by atoms with Crippen molar-refractivity contribution in [2.45, 2.75) is 31.0 Å². The number of carbonyl (C=O) groups excluding carboxylic acids is 1. The SMILES string of the molecule is COc1cc(C[C@]2(O)CO[C@H](c3ccc(O)c(OC)c3)[C@H]2COC(=O)CCCO)ccc1O. The van der Waals surface area contributed by atoms with Crippen molar-refractivity contribution in [3.8, 4) is 23.0 Å². The summed E-state index contributed by atoms with van der Waals surface area (Å²) in [4.78, 5) is 12.1. The molecule has 0 bridgehead atoms. The maximum Gasteiger partial charge on any atom is 0.305 e. The number of benzene rings is 2. The molecule has 9 nitrogen and oxygen atoms in total. The summed E-state index contributed by atoms with van der Waals surface area (Å²) in [5.41, 5.74) is -0.0359. The van der Waals surface area contributed by atoms with Gasteiger partial charge in [0.15, 0.2) is 23.0 Å². The predicted octanol–water partition coefficient (Wildman–Crippen LogP) is 2.09. The largest absolute Gasteiger partial charge is 0.504 e. The molecule has 1 aliphatic heterocycles. The predicted molar refractivity (Wildman–Crippen MR) is 117 cm³/mol. The number of aliphatic hydroxyl groups is 2. The first-order valence-corrected chi connectivity index (χ1v) is 10.6. The number of aliphatic hydroxyl groups excluding tert-OH is 1. The average molecular weight is 462 g/mol. The fourth-order valence-electron chi connectivity index (χ4n) is 4.03. The van der Waals surface area contributed by atoms with E-state index in [1.807, 2.05) is 0 Å². The molecule has 4 N–H and O–H groups in total. The van der Waals surface area contributed by atoms with Crippen LogP contribution in [0.3, 0.4) is 0 Å². The van der Waals surface area contributed by atoms with Crippen LogP contribution in [0.15, 0.2) is 36.4 Å². The highest BCUT2D eigenvalue weighted by atomic mass is 16.5. The third-order valence-electron chi connectivity index (χ3n) is 5.82. The van der Waals surface area contributed by atoms with E-state index in [0.29, 0.717) is 11.1 Å². The lowest BCUT2D eigenvalue weighted by Crippen LogP contribution is -2.42. The number of methoxy groups -OCH3 is 2. The fourth-order valence-corrected chi connectivity index (χ4v) is 4.03. The van der Waals surface area contributed by atoms with Crippen molar-refractivity contribution in [3.63, 3.8) is 0 Å². The van der Waals surface area contributed by atoms with E-state index in [0.717, 1.165) is 0 Å². The second-order valence-corrected chi connectivity index (χ2v) is 8.07. The van der Waals surface area contributed by atoms with E-state index in [9.17, 15) is 20.1 Å². The minimum Gasteiger partial charge on any atom is -0.504 e. The molecule has 0 unspecified atom stereocenters. The van der Waals surface area contributed by atoms with Gasteiger partial charge in [-0.2, -0.15) is 0 Å².